The second-order valence-corrected chi connectivity index (χ2v) is 9.91. The summed E-state index contributed by atoms with van der Waals surface area (Å²) in [6.07, 6.45) is 3.29. The molecule has 0 aliphatic carbocycles. The van der Waals surface area contributed by atoms with Crippen molar-refractivity contribution in [3.05, 3.63) is 70.6 Å². The number of carbonyl (C=O) groups excluding carboxylic acids is 1. The van der Waals surface area contributed by atoms with E-state index < -0.39 is 6.09 Å². The van der Waals surface area contributed by atoms with Crippen LogP contribution in [-0.2, 0) is 11.3 Å². The first-order valence-corrected chi connectivity index (χ1v) is 13.3. The monoisotopic (exact) mass is 548 g/mol. The maximum Gasteiger partial charge on any atom is 0.407 e. The predicted octanol–water partition coefficient (Wildman–Crippen LogP) is 4.89. The molecule has 4 aromatic rings. The van der Waals surface area contributed by atoms with Crippen LogP contribution in [0.5, 0.6) is 5.75 Å². The lowest BCUT2D eigenvalue weighted by Gasteiger charge is -2.11. The molecule has 3 N–H and O–H groups in total. The van der Waals surface area contributed by atoms with Gasteiger partial charge in [-0.2, -0.15) is 0 Å². The van der Waals surface area contributed by atoms with E-state index in [1.54, 1.807) is 12.3 Å². The maximum atomic E-state index is 11.6. The van der Waals surface area contributed by atoms with Crippen LogP contribution < -0.4 is 20.7 Å². The highest BCUT2D eigenvalue weighted by molar-refractivity contribution is 7.20. The molecule has 1 saturated heterocycles. The Morgan fingerprint density at radius 2 is 2.16 bits per heavy atom. The van der Waals surface area contributed by atoms with Crippen LogP contribution in [0.1, 0.15) is 23.9 Å². The number of carbonyl (C=O) groups is 1. The summed E-state index contributed by atoms with van der Waals surface area (Å²) in [5.41, 5.74) is 2.39. The van der Waals surface area contributed by atoms with Gasteiger partial charge >= 0.3 is 6.09 Å². The lowest BCUT2D eigenvalue weighted by atomic mass is 10.2. The van der Waals surface area contributed by atoms with Crippen molar-refractivity contribution in [1.29, 1.82) is 0 Å². The molecule has 1 aromatic carbocycles. The first-order valence-electron chi connectivity index (χ1n) is 12.1. The molecule has 0 unspecified atom stereocenters. The number of hydrogen-bond acceptors (Lipinski definition) is 9. The average Bonchev–Trinajstić information content (AvgIpc) is 3.55. The van der Waals surface area contributed by atoms with Crippen molar-refractivity contribution in [1.82, 2.24) is 25.6 Å². The summed E-state index contributed by atoms with van der Waals surface area (Å²) in [5.74, 6) is 7.70. The minimum absolute atomic E-state index is 0.0520. The number of pyridine rings is 1. The van der Waals surface area contributed by atoms with Gasteiger partial charge in [0.05, 0.1) is 31.9 Å². The Labute approximate surface area is 229 Å². The number of rotatable bonds is 7. The molecular formula is C27H25ClN6O3S. The van der Waals surface area contributed by atoms with Gasteiger partial charge in [0.2, 0.25) is 0 Å². The fourth-order valence-corrected chi connectivity index (χ4v) is 5.02. The Balaban J connectivity index is 1.24. The van der Waals surface area contributed by atoms with Crippen molar-refractivity contribution in [3.63, 3.8) is 0 Å². The summed E-state index contributed by atoms with van der Waals surface area (Å²) in [4.78, 5) is 25.6. The summed E-state index contributed by atoms with van der Waals surface area (Å²) >= 11 is 7.98. The average molecular weight is 549 g/mol. The third-order valence-corrected chi connectivity index (χ3v) is 7.00. The molecule has 0 saturated carbocycles. The van der Waals surface area contributed by atoms with Gasteiger partial charge in [-0.1, -0.05) is 29.5 Å². The highest BCUT2D eigenvalue weighted by Gasteiger charge is 2.25. The number of benzene rings is 1. The van der Waals surface area contributed by atoms with Crippen molar-refractivity contribution in [3.8, 4) is 17.6 Å². The van der Waals surface area contributed by atoms with Gasteiger partial charge < -0.3 is 20.1 Å². The van der Waals surface area contributed by atoms with Gasteiger partial charge in [0, 0.05) is 31.4 Å². The standard InChI is InChI=1S/C27H25ClN6O3S/c1-2-29-27(35)37-20-11-17(31-14-20)6-8-21-13-23-25(38-21)26(33-16-32-23)34-18-7-9-24(22(28)12-18)36-15-19-5-3-4-10-30-19/h3-5,7,9-10,12-13,16-17,20,31H,2,11,14-15H2,1H3,(H,29,35)(H,32,33,34)/t17-,20-/m1/s1. The van der Waals surface area contributed by atoms with E-state index in [1.165, 1.54) is 17.7 Å². The number of thiophene rings is 1. The molecule has 9 nitrogen and oxygen atoms in total. The zero-order valence-electron chi connectivity index (χ0n) is 20.5. The molecule has 1 amide bonds. The first kappa shape index (κ1) is 25.7. The Kier molecular flexibility index (Phi) is 8.19. The van der Waals surface area contributed by atoms with E-state index in [0.717, 1.165) is 26.5 Å². The van der Waals surface area contributed by atoms with E-state index in [1.807, 2.05) is 43.3 Å². The molecule has 194 valence electrons. The maximum absolute atomic E-state index is 11.6. The second kappa shape index (κ2) is 12.1. The van der Waals surface area contributed by atoms with E-state index in [0.29, 0.717) is 42.7 Å². The van der Waals surface area contributed by atoms with Crippen LogP contribution in [0.25, 0.3) is 10.2 Å². The third kappa shape index (κ3) is 6.50. The van der Waals surface area contributed by atoms with E-state index in [9.17, 15) is 4.79 Å². The summed E-state index contributed by atoms with van der Waals surface area (Å²) in [7, 11) is 0. The van der Waals surface area contributed by atoms with Crippen molar-refractivity contribution in [2.24, 2.45) is 0 Å². The van der Waals surface area contributed by atoms with Crippen LogP contribution in [0.2, 0.25) is 5.02 Å². The lowest BCUT2D eigenvalue weighted by Crippen LogP contribution is -2.29. The molecule has 2 atom stereocenters. The number of aromatic nitrogens is 3. The molecule has 4 heterocycles. The number of halogens is 1. The van der Waals surface area contributed by atoms with Crippen LogP contribution in [0.3, 0.4) is 0 Å². The first-order chi connectivity index (χ1) is 18.6. The molecule has 0 radical (unpaired) electrons. The van der Waals surface area contributed by atoms with Crippen LogP contribution in [0.4, 0.5) is 16.3 Å². The van der Waals surface area contributed by atoms with Gasteiger partial charge in [-0.25, -0.2) is 14.8 Å². The molecule has 38 heavy (non-hydrogen) atoms. The minimum atomic E-state index is -0.399. The highest BCUT2D eigenvalue weighted by Crippen LogP contribution is 2.33. The number of hydrogen-bond donors (Lipinski definition) is 3. The van der Waals surface area contributed by atoms with Crippen molar-refractivity contribution in [2.45, 2.75) is 32.1 Å². The molecule has 1 fully saturated rings. The third-order valence-electron chi connectivity index (χ3n) is 5.66. The SMILES string of the molecule is CCNC(=O)O[C@H]1CN[C@H](C#Cc2cc3ncnc(Nc4ccc(OCc5ccccn5)c(Cl)c4)c3s2)C1. The topological polar surface area (TPSA) is 110 Å². The fourth-order valence-electron chi connectivity index (χ4n) is 3.87. The van der Waals surface area contributed by atoms with Gasteiger partial charge in [0.25, 0.3) is 0 Å². The van der Waals surface area contributed by atoms with Gasteiger partial charge in [-0.15, -0.1) is 11.3 Å². The van der Waals surface area contributed by atoms with Crippen LogP contribution >= 0.6 is 22.9 Å². The molecular weight excluding hydrogens is 524 g/mol. The van der Waals surface area contributed by atoms with Crippen molar-refractivity contribution < 1.29 is 14.3 Å². The molecule has 1 aliphatic heterocycles. The molecule has 5 rings (SSSR count). The highest BCUT2D eigenvalue weighted by atomic mass is 35.5. The van der Waals surface area contributed by atoms with E-state index in [4.69, 9.17) is 21.1 Å². The number of alkyl carbamates (subject to hydrolysis) is 1. The number of amides is 1. The fraction of sp³-hybridized carbons (Fsp3) is 0.259. The van der Waals surface area contributed by atoms with Crippen LogP contribution in [0, 0.1) is 11.8 Å². The summed E-state index contributed by atoms with van der Waals surface area (Å²) in [6.45, 7) is 3.30. The Bertz CT molecular complexity index is 1490. The number of nitrogens with zero attached hydrogens (tertiary/aromatic N) is 3. The number of ether oxygens (including phenoxy) is 2. The smallest absolute Gasteiger partial charge is 0.407 e. The van der Waals surface area contributed by atoms with Gasteiger partial charge in [-0.3, -0.25) is 10.3 Å². The largest absolute Gasteiger partial charge is 0.486 e. The van der Waals surface area contributed by atoms with E-state index in [-0.39, 0.29) is 12.1 Å². The predicted molar refractivity (Wildman–Crippen MR) is 148 cm³/mol. The summed E-state index contributed by atoms with van der Waals surface area (Å²) in [5, 5.41) is 9.74. The van der Waals surface area contributed by atoms with Crippen LogP contribution in [0.15, 0.2) is 55.0 Å². The molecule has 3 aromatic heterocycles. The molecule has 0 spiro atoms. The van der Waals surface area contributed by atoms with Gasteiger partial charge in [0.15, 0.2) is 5.82 Å². The molecule has 1 aliphatic rings. The van der Waals surface area contributed by atoms with Gasteiger partial charge in [-0.05, 0) is 43.3 Å². The number of fused-ring (bicyclic) bond motifs is 1. The second-order valence-electron chi connectivity index (χ2n) is 8.45. The van der Waals surface area contributed by atoms with Crippen molar-refractivity contribution in [2.75, 3.05) is 18.4 Å². The number of nitrogens with one attached hydrogen (secondary N) is 3. The zero-order valence-corrected chi connectivity index (χ0v) is 22.1. The Morgan fingerprint density at radius 1 is 1.24 bits per heavy atom. The van der Waals surface area contributed by atoms with E-state index >= 15 is 0 Å². The lowest BCUT2D eigenvalue weighted by molar-refractivity contribution is 0.107. The Morgan fingerprint density at radius 3 is 2.97 bits per heavy atom. The quantitative estimate of drug-likeness (QED) is 0.280. The molecule has 11 heteroatoms. The van der Waals surface area contributed by atoms with Crippen LogP contribution in [-0.4, -0.2) is 46.3 Å². The zero-order chi connectivity index (χ0) is 26.3. The molecule has 0 bridgehead atoms. The normalized spacial score (nSPS) is 16.5. The van der Waals surface area contributed by atoms with Crippen molar-refractivity contribution >= 4 is 50.8 Å². The summed E-state index contributed by atoms with van der Waals surface area (Å²) < 4.78 is 12.1. The van der Waals surface area contributed by atoms with E-state index in [2.05, 4.69) is 42.7 Å². The minimum Gasteiger partial charge on any atom is -0.486 e. The summed E-state index contributed by atoms with van der Waals surface area (Å²) in [6, 6.07) is 13.1. The van der Waals surface area contributed by atoms with Gasteiger partial charge in [0.1, 0.15) is 24.8 Å². The Hall–Kier alpha value is -3.91. The number of anilines is 2.